The zero-order valence-corrected chi connectivity index (χ0v) is 13.8. The Morgan fingerprint density at radius 3 is 2.50 bits per heavy atom. The molecule has 2 rings (SSSR count). The minimum Gasteiger partial charge on any atom is -0.318 e. The van der Waals surface area contributed by atoms with E-state index in [-0.39, 0.29) is 6.04 Å². The van der Waals surface area contributed by atoms with Crippen LogP contribution in [0.4, 0.5) is 0 Å². The largest absolute Gasteiger partial charge is 0.318 e. The maximum atomic E-state index is 12.9. The van der Waals surface area contributed by atoms with Crippen molar-refractivity contribution in [2.45, 2.75) is 45.6 Å². The summed E-state index contributed by atoms with van der Waals surface area (Å²) in [7, 11) is -1.39. The molecule has 5 nitrogen and oxygen atoms in total. The van der Waals surface area contributed by atoms with Gasteiger partial charge in [-0.1, -0.05) is 20.3 Å². The molecule has 20 heavy (non-hydrogen) atoms. The summed E-state index contributed by atoms with van der Waals surface area (Å²) in [6, 6.07) is 0.119. The second-order valence-corrected chi connectivity index (χ2v) is 8.31. The summed E-state index contributed by atoms with van der Waals surface area (Å²) < 4.78 is 29.3. The number of piperidine rings is 2. The fourth-order valence-electron chi connectivity index (χ4n) is 3.30. The number of hydrogen-bond acceptors (Lipinski definition) is 3. The molecule has 0 aromatic rings. The maximum absolute atomic E-state index is 12.9. The van der Waals surface area contributed by atoms with Gasteiger partial charge in [-0.25, -0.2) is 0 Å². The third-order valence-electron chi connectivity index (χ3n) is 4.93. The molecule has 3 unspecified atom stereocenters. The van der Waals surface area contributed by atoms with Crippen LogP contribution >= 0.6 is 0 Å². The van der Waals surface area contributed by atoms with Crippen molar-refractivity contribution in [3.05, 3.63) is 0 Å². The van der Waals surface area contributed by atoms with Gasteiger partial charge in [0.2, 0.25) is 0 Å². The standard InChI is InChI=1S/C14H29N3O2S/c1-12-7-9-16(11-13(12)2)20(18,19)17-8-5-4-6-14(17)10-15-3/h12-15H,4-11H2,1-3H3. The minimum absolute atomic E-state index is 0.119. The third-order valence-corrected chi connectivity index (χ3v) is 6.99. The van der Waals surface area contributed by atoms with Gasteiger partial charge in [0, 0.05) is 32.2 Å². The normalized spacial score (nSPS) is 34.2. The molecule has 0 radical (unpaired) electrons. The van der Waals surface area contributed by atoms with E-state index in [1.807, 2.05) is 7.05 Å². The van der Waals surface area contributed by atoms with E-state index in [2.05, 4.69) is 19.2 Å². The molecular weight excluding hydrogens is 274 g/mol. The highest BCUT2D eigenvalue weighted by Crippen LogP contribution is 2.28. The summed E-state index contributed by atoms with van der Waals surface area (Å²) in [5.41, 5.74) is 0. The van der Waals surface area contributed by atoms with Crippen LogP contribution in [0.2, 0.25) is 0 Å². The summed E-state index contributed by atoms with van der Waals surface area (Å²) in [6.07, 6.45) is 4.07. The van der Waals surface area contributed by atoms with Gasteiger partial charge in [0.1, 0.15) is 0 Å². The van der Waals surface area contributed by atoms with Gasteiger partial charge in [-0.15, -0.1) is 0 Å². The Bertz CT molecular complexity index is 411. The van der Waals surface area contributed by atoms with E-state index in [1.165, 1.54) is 0 Å². The Kier molecular flexibility index (Phi) is 5.45. The minimum atomic E-state index is -3.29. The van der Waals surface area contributed by atoms with Crippen LogP contribution in [0.15, 0.2) is 0 Å². The first-order valence-corrected chi connectivity index (χ1v) is 9.28. The van der Waals surface area contributed by atoms with Gasteiger partial charge in [-0.05, 0) is 38.1 Å². The van der Waals surface area contributed by atoms with Gasteiger partial charge < -0.3 is 5.32 Å². The predicted octanol–water partition coefficient (Wildman–Crippen LogP) is 1.28. The van der Waals surface area contributed by atoms with Crippen molar-refractivity contribution in [3.8, 4) is 0 Å². The van der Waals surface area contributed by atoms with Crippen molar-refractivity contribution in [2.24, 2.45) is 11.8 Å². The number of hydrogen-bond donors (Lipinski definition) is 1. The number of nitrogens with zero attached hydrogens (tertiary/aromatic N) is 2. The van der Waals surface area contributed by atoms with Crippen LogP contribution < -0.4 is 5.32 Å². The van der Waals surface area contributed by atoms with E-state index in [0.717, 1.165) is 32.2 Å². The lowest BCUT2D eigenvalue weighted by atomic mass is 9.90. The molecule has 3 atom stereocenters. The van der Waals surface area contributed by atoms with Crippen LogP contribution in [0, 0.1) is 11.8 Å². The number of rotatable bonds is 4. The Balaban J connectivity index is 2.11. The first-order valence-electron chi connectivity index (χ1n) is 7.88. The van der Waals surface area contributed by atoms with E-state index < -0.39 is 10.2 Å². The average Bonchev–Trinajstić information content (AvgIpc) is 2.42. The zero-order chi connectivity index (χ0) is 14.8. The lowest BCUT2D eigenvalue weighted by Gasteiger charge is -2.41. The first kappa shape index (κ1) is 16.2. The lowest BCUT2D eigenvalue weighted by Crippen LogP contribution is -2.55. The van der Waals surface area contributed by atoms with Gasteiger partial charge in [0.25, 0.3) is 10.2 Å². The predicted molar refractivity (Wildman–Crippen MR) is 81.7 cm³/mol. The van der Waals surface area contributed by atoms with E-state index in [4.69, 9.17) is 0 Å². The number of likely N-dealkylation sites (N-methyl/N-ethyl adjacent to an activating group) is 1. The molecule has 0 spiro atoms. The Labute approximate surface area is 123 Å². The van der Waals surface area contributed by atoms with Gasteiger partial charge in [-0.3, -0.25) is 0 Å². The molecule has 6 heteroatoms. The van der Waals surface area contributed by atoms with Gasteiger partial charge in [0.05, 0.1) is 0 Å². The van der Waals surface area contributed by atoms with Crippen LogP contribution in [0.1, 0.15) is 39.5 Å². The first-order chi connectivity index (χ1) is 9.46. The van der Waals surface area contributed by atoms with Crippen LogP contribution in [0.5, 0.6) is 0 Å². The maximum Gasteiger partial charge on any atom is 0.282 e. The van der Waals surface area contributed by atoms with E-state index in [0.29, 0.717) is 31.5 Å². The van der Waals surface area contributed by atoms with Crippen LogP contribution in [-0.4, -0.2) is 56.3 Å². The van der Waals surface area contributed by atoms with Gasteiger partial charge >= 0.3 is 0 Å². The van der Waals surface area contributed by atoms with E-state index in [9.17, 15) is 8.42 Å². The molecule has 0 aromatic heterocycles. The van der Waals surface area contributed by atoms with E-state index >= 15 is 0 Å². The molecule has 0 bridgehead atoms. The lowest BCUT2D eigenvalue weighted by molar-refractivity contribution is 0.181. The van der Waals surface area contributed by atoms with Crippen molar-refractivity contribution in [2.75, 3.05) is 33.2 Å². The summed E-state index contributed by atoms with van der Waals surface area (Å²) in [6.45, 7) is 7.16. The molecule has 2 aliphatic rings. The topological polar surface area (TPSA) is 52.7 Å². The highest BCUT2D eigenvalue weighted by molar-refractivity contribution is 7.86. The quantitative estimate of drug-likeness (QED) is 0.851. The molecule has 0 saturated carbocycles. The smallest absolute Gasteiger partial charge is 0.282 e. The Morgan fingerprint density at radius 2 is 1.85 bits per heavy atom. The average molecular weight is 303 g/mol. The van der Waals surface area contributed by atoms with Crippen LogP contribution in [0.3, 0.4) is 0 Å². The fourth-order valence-corrected chi connectivity index (χ4v) is 5.27. The van der Waals surface area contributed by atoms with Crippen molar-refractivity contribution in [1.29, 1.82) is 0 Å². The van der Waals surface area contributed by atoms with E-state index in [1.54, 1.807) is 8.61 Å². The highest BCUT2D eigenvalue weighted by atomic mass is 32.2. The molecule has 2 heterocycles. The monoisotopic (exact) mass is 303 g/mol. The molecule has 0 amide bonds. The third kappa shape index (κ3) is 3.35. The molecule has 2 aliphatic heterocycles. The molecule has 0 aromatic carbocycles. The van der Waals surface area contributed by atoms with Crippen molar-refractivity contribution >= 4 is 10.2 Å². The summed E-state index contributed by atoms with van der Waals surface area (Å²) in [4.78, 5) is 0. The second-order valence-electron chi connectivity index (χ2n) is 6.43. The molecular formula is C14H29N3O2S. The summed E-state index contributed by atoms with van der Waals surface area (Å²) >= 11 is 0. The highest BCUT2D eigenvalue weighted by Gasteiger charge is 2.38. The Hall–Kier alpha value is -0.170. The second kappa shape index (κ2) is 6.73. The molecule has 2 fully saturated rings. The zero-order valence-electron chi connectivity index (χ0n) is 13.0. The van der Waals surface area contributed by atoms with Crippen molar-refractivity contribution in [3.63, 3.8) is 0 Å². The fraction of sp³-hybridized carbons (Fsp3) is 1.00. The number of nitrogens with one attached hydrogen (secondary N) is 1. The van der Waals surface area contributed by atoms with Crippen LogP contribution in [0.25, 0.3) is 0 Å². The molecule has 0 aliphatic carbocycles. The molecule has 118 valence electrons. The van der Waals surface area contributed by atoms with Gasteiger partial charge in [-0.2, -0.15) is 17.0 Å². The molecule has 1 N–H and O–H groups in total. The summed E-state index contributed by atoms with van der Waals surface area (Å²) in [5, 5.41) is 3.13. The SMILES string of the molecule is CNCC1CCCCN1S(=O)(=O)N1CCC(C)C(C)C1. The van der Waals surface area contributed by atoms with Crippen LogP contribution in [-0.2, 0) is 10.2 Å². The molecule has 2 saturated heterocycles. The summed E-state index contributed by atoms with van der Waals surface area (Å²) in [5.74, 6) is 1.07. The Morgan fingerprint density at radius 1 is 1.10 bits per heavy atom. The van der Waals surface area contributed by atoms with Crippen molar-refractivity contribution in [1.82, 2.24) is 13.9 Å². The van der Waals surface area contributed by atoms with Crippen molar-refractivity contribution < 1.29 is 8.42 Å². The van der Waals surface area contributed by atoms with Gasteiger partial charge in [0.15, 0.2) is 0 Å².